The van der Waals surface area contributed by atoms with E-state index in [1.54, 1.807) is 0 Å². The van der Waals surface area contributed by atoms with Crippen LogP contribution < -0.4 is 4.72 Å². The topological polar surface area (TPSA) is 98.6 Å². The SMILES string of the molecule is N#Cc1cc(F)c(NS(=O)(=O)c2c[nH]c(-c3ncc(Cl)s3)c2)cc1F. The third-order valence-corrected chi connectivity index (χ3v) is 5.59. The maximum Gasteiger partial charge on any atom is 0.263 e. The van der Waals surface area contributed by atoms with Crippen LogP contribution in [0, 0.1) is 23.0 Å². The molecule has 0 spiro atoms. The van der Waals surface area contributed by atoms with Crippen LogP contribution in [-0.4, -0.2) is 18.4 Å². The summed E-state index contributed by atoms with van der Waals surface area (Å²) in [6, 6.07) is 3.98. The first kappa shape index (κ1) is 17.3. The summed E-state index contributed by atoms with van der Waals surface area (Å²) in [5, 5.41) is 9.12. The number of H-pyrrole nitrogens is 1. The average molecular weight is 401 g/mol. The van der Waals surface area contributed by atoms with E-state index < -0.39 is 32.9 Å². The third kappa shape index (κ3) is 3.48. The normalized spacial score (nSPS) is 11.3. The van der Waals surface area contributed by atoms with Crippen molar-refractivity contribution in [2.45, 2.75) is 4.90 Å². The molecule has 0 aliphatic rings. The molecule has 1 aromatic carbocycles. The van der Waals surface area contributed by atoms with Crippen LogP contribution >= 0.6 is 22.9 Å². The Morgan fingerprint density at radius 1 is 1.28 bits per heavy atom. The molecule has 0 saturated heterocycles. The van der Waals surface area contributed by atoms with Gasteiger partial charge in [0.1, 0.15) is 31.9 Å². The molecule has 0 radical (unpaired) electrons. The summed E-state index contributed by atoms with van der Waals surface area (Å²) >= 11 is 6.93. The molecular weight excluding hydrogens is 394 g/mol. The number of rotatable bonds is 4. The largest absolute Gasteiger partial charge is 0.358 e. The highest BCUT2D eigenvalue weighted by Crippen LogP contribution is 2.29. The van der Waals surface area contributed by atoms with Gasteiger partial charge in [-0.15, -0.1) is 11.3 Å². The molecule has 0 aliphatic heterocycles. The van der Waals surface area contributed by atoms with Gasteiger partial charge in [0, 0.05) is 12.3 Å². The highest BCUT2D eigenvalue weighted by molar-refractivity contribution is 7.92. The number of halogens is 3. The van der Waals surface area contributed by atoms with Crippen LogP contribution in [0.2, 0.25) is 4.34 Å². The summed E-state index contributed by atoms with van der Waals surface area (Å²) in [5.41, 5.74) is -0.717. The quantitative estimate of drug-likeness (QED) is 0.696. The van der Waals surface area contributed by atoms with E-state index >= 15 is 0 Å². The van der Waals surface area contributed by atoms with Crippen molar-refractivity contribution in [3.05, 3.63) is 52.1 Å². The highest BCUT2D eigenvalue weighted by atomic mass is 35.5. The number of hydrogen-bond donors (Lipinski definition) is 2. The van der Waals surface area contributed by atoms with Crippen molar-refractivity contribution < 1.29 is 17.2 Å². The van der Waals surface area contributed by atoms with Crippen LogP contribution in [0.4, 0.5) is 14.5 Å². The predicted molar refractivity (Wildman–Crippen MR) is 88.8 cm³/mol. The summed E-state index contributed by atoms with van der Waals surface area (Å²) in [5.74, 6) is -2.10. The molecule has 3 aromatic rings. The molecule has 0 atom stereocenters. The van der Waals surface area contributed by atoms with E-state index in [1.165, 1.54) is 24.5 Å². The van der Waals surface area contributed by atoms with E-state index in [9.17, 15) is 17.2 Å². The second-order valence-corrected chi connectivity index (χ2v) is 8.09. The maximum atomic E-state index is 13.9. The molecule has 2 aromatic heterocycles. The molecule has 0 amide bonds. The summed E-state index contributed by atoms with van der Waals surface area (Å²) < 4.78 is 54.5. The van der Waals surface area contributed by atoms with Gasteiger partial charge in [-0.1, -0.05) is 11.6 Å². The Hall–Kier alpha value is -2.48. The van der Waals surface area contributed by atoms with E-state index in [2.05, 4.69) is 9.97 Å². The molecule has 2 N–H and O–H groups in total. The lowest BCUT2D eigenvalue weighted by atomic mass is 10.2. The van der Waals surface area contributed by atoms with Gasteiger partial charge in [0.25, 0.3) is 10.0 Å². The Morgan fingerprint density at radius 2 is 2.04 bits per heavy atom. The van der Waals surface area contributed by atoms with Crippen LogP contribution in [0.1, 0.15) is 5.56 Å². The number of sulfonamides is 1. The van der Waals surface area contributed by atoms with Crippen LogP contribution in [0.25, 0.3) is 10.7 Å². The number of benzene rings is 1. The maximum absolute atomic E-state index is 13.9. The third-order valence-electron chi connectivity index (χ3n) is 3.10. The van der Waals surface area contributed by atoms with Crippen molar-refractivity contribution in [2.75, 3.05) is 4.72 Å². The molecule has 25 heavy (non-hydrogen) atoms. The van der Waals surface area contributed by atoms with Crippen LogP contribution in [0.5, 0.6) is 0 Å². The molecule has 0 saturated carbocycles. The fourth-order valence-electron chi connectivity index (χ4n) is 1.95. The Balaban J connectivity index is 1.92. The molecule has 11 heteroatoms. The minimum atomic E-state index is -4.18. The van der Waals surface area contributed by atoms with Crippen molar-refractivity contribution in [1.29, 1.82) is 5.26 Å². The van der Waals surface area contributed by atoms with Gasteiger partial charge in [-0.05, 0) is 12.1 Å². The fourth-order valence-corrected chi connectivity index (χ4v) is 3.89. The van der Waals surface area contributed by atoms with Gasteiger partial charge < -0.3 is 4.98 Å². The fraction of sp³-hybridized carbons (Fsp3) is 0. The van der Waals surface area contributed by atoms with Crippen LogP contribution in [0.15, 0.2) is 35.5 Å². The Bertz CT molecular complexity index is 1100. The lowest BCUT2D eigenvalue weighted by Gasteiger charge is -2.08. The van der Waals surface area contributed by atoms with Crippen molar-refractivity contribution in [2.24, 2.45) is 0 Å². The standard InChI is InChI=1S/C14H7ClF2N4O2S2/c15-13-6-20-14(24-13)12-2-8(5-19-12)25(22,23)21-11-3-9(16)7(4-18)1-10(11)17/h1-3,5-6,19,21H. The monoisotopic (exact) mass is 400 g/mol. The number of aromatic nitrogens is 2. The molecule has 6 nitrogen and oxygen atoms in total. The number of thiazole rings is 1. The van der Waals surface area contributed by atoms with E-state index in [0.29, 0.717) is 27.2 Å². The zero-order valence-electron chi connectivity index (χ0n) is 12.0. The smallest absolute Gasteiger partial charge is 0.263 e. The molecule has 0 bridgehead atoms. The van der Waals surface area contributed by atoms with E-state index in [0.717, 1.165) is 11.3 Å². The zero-order chi connectivity index (χ0) is 18.2. The average Bonchev–Trinajstić information content (AvgIpc) is 3.19. The van der Waals surface area contributed by atoms with E-state index in [1.807, 2.05) is 4.72 Å². The summed E-state index contributed by atoms with van der Waals surface area (Å²) in [6.07, 6.45) is 2.61. The Morgan fingerprint density at radius 3 is 2.68 bits per heavy atom. The molecule has 2 heterocycles. The number of nitrogens with one attached hydrogen (secondary N) is 2. The number of nitrogens with zero attached hydrogens (tertiary/aromatic N) is 2. The van der Waals surface area contributed by atoms with Crippen LogP contribution in [0.3, 0.4) is 0 Å². The van der Waals surface area contributed by atoms with E-state index in [-0.39, 0.29) is 4.90 Å². The van der Waals surface area contributed by atoms with Gasteiger partial charge >= 0.3 is 0 Å². The number of aromatic amines is 1. The molecule has 0 aliphatic carbocycles. The van der Waals surface area contributed by atoms with Crippen LogP contribution in [-0.2, 0) is 10.0 Å². The van der Waals surface area contributed by atoms with Crippen molar-refractivity contribution in [3.63, 3.8) is 0 Å². The second-order valence-electron chi connectivity index (χ2n) is 4.75. The van der Waals surface area contributed by atoms with Gasteiger partial charge in [-0.2, -0.15) is 5.26 Å². The van der Waals surface area contributed by atoms with E-state index in [4.69, 9.17) is 16.9 Å². The number of hydrogen-bond acceptors (Lipinski definition) is 5. The number of nitriles is 1. The van der Waals surface area contributed by atoms with Gasteiger partial charge in [-0.25, -0.2) is 22.2 Å². The highest BCUT2D eigenvalue weighted by Gasteiger charge is 2.20. The van der Waals surface area contributed by atoms with Gasteiger partial charge in [0.05, 0.1) is 23.1 Å². The van der Waals surface area contributed by atoms with Gasteiger partial charge in [0.2, 0.25) is 0 Å². The lowest BCUT2D eigenvalue weighted by molar-refractivity contribution is 0.593. The zero-order valence-corrected chi connectivity index (χ0v) is 14.4. The molecule has 128 valence electrons. The molecule has 0 unspecified atom stereocenters. The summed E-state index contributed by atoms with van der Waals surface area (Å²) in [4.78, 5) is 6.54. The first-order valence-electron chi connectivity index (χ1n) is 6.52. The first-order valence-corrected chi connectivity index (χ1v) is 9.20. The second kappa shape index (κ2) is 6.44. The van der Waals surface area contributed by atoms with Crippen molar-refractivity contribution in [1.82, 2.24) is 9.97 Å². The molecule has 0 fully saturated rings. The lowest BCUT2D eigenvalue weighted by Crippen LogP contribution is -2.13. The molecule has 3 rings (SSSR count). The number of anilines is 1. The van der Waals surface area contributed by atoms with Gasteiger partial charge in [0.15, 0.2) is 0 Å². The minimum absolute atomic E-state index is 0.196. The molecular formula is C14H7ClF2N4O2S2. The predicted octanol–water partition coefficient (Wildman–Crippen LogP) is 3.74. The first-order chi connectivity index (χ1) is 11.8. The van der Waals surface area contributed by atoms with Gasteiger partial charge in [-0.3, -0.25) is 4.72 Å². The Labute approximate surface area is 149 Å². The summed E-state index contributed by atoms with van der Waals surface area (Å²) in [7, 11) is -4.18. The Kier molecular flexibility index (Phi) is 4.47. The van der Waals surface area contributed by atoms with Crippen molar-refractivity contribution >= 4 is 38.6 Å². The summed E-state index contributed by atoms with van der Waals surface area (Å²) in [6.45, 7) is 0. The minimum Gasteiger partial charge on any atom is -0.358 e. The van der Waals surface area contributed by atoms with Crippen molar-refractivity contribution in [3.8, 4) is 16.8 Å².